The van der Waals surface area contributed by atoms with E-state index in [-0.39, 0.29) is 0 Å². The lowest BCUT2D eigenvalue weighted by Gasteiger charge is -2.15. The molecule has 0 bridgehead atoms. The van der Waals surface area contributed by atoms with Crippen LogP contribution in [0.4, 0.5) is 0 Å². The Balaban J connectivity index is 1.83. The van der Waals surface area contributed by atoms with Gasteiger partial charge in [0.2, 0.25) is 0 Å². The predicted octanol–water partition coefficient (Wildman–Crippen LogP) is 6.69. The van der Waals surface area contributed by atoms with E-state index in [2.05, 4.69) is 43.4 Å². The van der Waals surface area contributed by atoms with Crippen molar-refractivity contribution in [2.24, 2.45) is 0 Å². The molecule has 0 aliphatic carbocycles. The van der Waals surface area contributed by atoms with Gasteiger partial charge in [0.25, 0.3) is 0 Å². The summed E-state index contributed by atoms with van der Waals surface area (Å²) in [6, 6.07) is 12.3. The van der Waals surface area contributed by atoms with Crippen molar-refractivity contribution < 1.29 is 9.47 Å². The second kappa shape index (κ2) is 12.7. The van der Waals surface area contributed by atoms with Crippen molar-refractivity contribution in [2.75, 3.05) is 13.7 Å². The maximum absolute atomic E-state index is 6.48. The zero-order chi connectivity index (χ0) is 20.2. The minimum Gasteiger partial charge on any atom is -0.493 e. The number of hydrogen-bond acceptors (Lipinski definition) is 3. The van der Waals surface area contributed by atoms with Crippen molar-refractivity contribution in [2.45, 2.75) is 65.5 Å². The van der Waals surface area contributed by atoms with Gasteiger partial charge in [-0.3, -0.25) is 0 Å². The summed E-state index contributed by atoms with van der Waals surface area (Å²) in [5.74, 6) is 1.28. The van der Waals surface area contributed by atoms with Crippen molar-refractivity contribution >= 4 is 11.6 Å². The molecule has 154 valence electrons. The van der Waals surface area contributed by atoms with Gasteiger partial charge in [-0.1, -0.05) is 80.5 Å². The van der Waals surface area contributed by atoms with Crippen LogP contribution in [0.2, 0.25) is 5.02 Å². The molecule has 2 aromatic rings. The smallest absolute Gasteiger partial charge is 0.180 e. The van der Waals surface area contributed by atoms with Gasteiger partial charge in [-0.25, -0.2) is 0 Å². The highest BCUT2D eigenvalue weighted by molar-refractivity contribution is 6.32. The molecule has 0 aliphatic heterocycles. The first kappa shape index (κ1) is 22.6. The lowest BCUT2D eigenvalue weighted by Crippen LogP contribution is -2.14. The molecule has 2 rings (SSSR count). The third kappa shape index (κ3) is 7.73. The number of aryl methyl sites for hydroxylation is 1. The fourth-order valence-corrected chi connectivity index (χ4v) is 3.41. The Morgan fingerprint density at radius 2 is 1.64 bits per heavy atom. The molecule has 0 radical (unpaired) electrons. The van der Waals surface area contributed by atoms with Crippen LogP contribution in [-0.2, 0) is 13.2 Å². The Hall–Kier alpha value is -1.71. The Bertz CT molecular complexity index is 700. The molecule has 0 fully saturated rings. The largest absolute Gasteiger partial charge is 0.493 e. The summed E-state index contributed by atoms with van der Waals surface area (Å²) in [4.78, 5) is 0. The van der Waals surface area contributed by atoms with Crippen LogP contribution >= 0.6 is 11.6 Å². The lowest BCUT2D eigenvalue weighted by molar-refractivity contribution is 0.284. The van der Waals surface area contributed by atoms with E-state index in [0.717, 1.165) is 24.2 Å². The lowest BCUT2D eigenvalue weighted by atomic mass is 10.1. The molecule has 4 heteroatoms. The fraction of sp³-hybridized carbons (Fsp3) is 0.500. The van der Waals surface area contributed by atoms with Gasteiger partial charge in [-0.05, 0) is 43.1 Å². The van der Waals surface area contributed by atoms with Crippen LogP contribution in [-0.4, -0.2) is 13.7 Å². The Morgan fingerprint density at radius 1 is 0.929 bits per heavy atom. The molecule has 0 amide bonds. The van der Waals surface area contributed by atoms with Crippen molar-refractivity contribution in [3.63, 3.8) is 0 Å². The Morgan fingerprint density at radius 3 is 2.36 bits per heavy atom. The Labute approximate surface area is 175 Å². The van der Waals surface area contributed by atoms with E-state index in [9.17, 15) is 0 Å². The third-order valence-corrected chi connectivity index (χ3v) is 5.11. The Kier molecular flexibility index (Phi) is 10.2. The molecule has 28 heavy (non-hydrogen) atoms. The van der Waals surface area contributed by atoms with Crippen LogP contribution in [0, 0.1) is 6.92 Å². The predicted molar refractivity (Wildman–Crippen MR) is 119 cm³/mol. The fourth-order valence-electron chi connectivity index (χ4n) is 3.12. The van der Waals surface area contributed by atoms with Crippen LogP contribution in [0.3, 0.4) is 0 Å². The van der Waals surface area contributed by atoms with Gasteiger partial charge in [0.15, 0.2) is 11.5 Å². The second-order valence-electron chi connectivity index (χ2n) is 7.33. The summed E-state index contributed by atoms with van der Waals surface area (Å²) in [5, 5.41) is 4.08. The van der Waals surface area contributed by atoms with Crippen molar-refractivity contribution in [3.8, 4) is 11.5 Å². The van der Waals surface area contributed by atoms with Gasteiger partial charge in [-0.2, -0.15) is 0 Å². The summed E-state index contributed by atoms with van der Waals surface area (Å²) >= 11 is 6.48. The first-order valence-corrected chi connectivity index (χ1v) is 10.8. The zero-order valence-electron chi connectivity index (χ0n) is 17.5. The summed E-state index contributed by atoms with van der Waals surface area (Å²) in [7, 11) is 1.65. The zero-order valence-corrected chi connectivity index (χ0v) is 18.3. The number of unbranched alkanes of at least 4 members (excludes halogenated alkanes) is 5. The van der Waals surface area contributed by atoms with E-state index in [1.807, 2.05) is 12.1 Å². The van der Waals surface area contributed by atoms with Gasteiger partial charge in [-0.15, -0.1) is 0 Å². The molecule has 0 heterocycles. The van der Waals surface area contributed by atoms with Crippen LogP contribution < -0.4 is 14.8 Å². The van der Waals surface area contributed by atoms with E-state index in [0.29, 0.717) is 23.1 Å². The molecule has 0 atom stereocenters. The second-order valence-corrected chi connectivity index (χ2v) is 7.74. The minimum absolute atomic E-state index is 0.464. The number of nitrogens with one attached hydrogen (secondary N) is 1. The summed E-state index contributed by atoms with van der Waals surface area (Å²) in [6.45, 7) is 6.59. The maximum atomic E-state index is 6.48. The molecular formula is C24H34ClNO2. The molecule has 3 nitrogen and oxygen atoms in total. The number of hydrogen-bond donors (Lipinski definition) is 1. The van der Waals surface area contributed by atoms with Gasteiger partial charge in [0.05, 0.1) is 12.1 Å². The average molecular weight is 404 g/mol. The highest BCUT2D eigenvalue weighted by atomic mass is 35.5. The molecule has 1 N–H and O–H groups in total. The number of methoxy groups -OCH3 is 1. The van der Waals surface area contributed by atoms with Gasteiger partial charge in [0.1, 0.15) is 6.61 Å². The van der Waals surface area contributed by atoms with Crippen molar-refractivity contribution in [1.82, 2.24) is 5.32 Å². The topological polar surface area (TPSA) is 30.5 Å². The number of halogens is 1. The minimum atomic E-state index is 0.464. The SMILES string of the molecule is CCCCCCCCNCc1cc(Cl)c(OCc2ccc(C)cc2)c(OC)c1. The normalized spacial score (nSPS) is 10.9. The van der Waals surface area contributed by atoms with E-state index in [1.54, 1.807) is 7.11 Å². The van der Waals surface area contributed by atoms with Crippen molar-refractivity contribution in [3.05, 3.63) is 58.1 Å². The molecule has 0 saturated heterocycles. The van der Waals surface area contributed by atoms with Gasteiger partial charge >= 0.3 is 0 Å². The molecule has 0 aliphatic rings. The average Bonchev–Trinajstić information content (AvgIpc) is 2.70. The van der Waals surface area contributed by atoms with Crippen LogP contribution in [0.5, 0.6) is 11.5 Å². The number of rotatable bonds is 13. The standard InChI is InChI=1S/C24H34ClNO2/c1-4-5-6-7-8-9-14-26-17-21-15-22(25)24(23(16-21)27-3)28-18-20-12-10-19(2)11-13-20/h10-13,15-16,26H,4-9,14,17-18H2,1-3H3. The molecule has 0 aromatic heterocycles. The van der Waals surface area contributed by atoms with Gasteiger partial charge in [0, 0.05) is 6.54 Å². The van der Waals surface area contributed by atoms with E-state index in [1.165, 1.54) is 44.1 Å². The molecule has 2 aromatic carbocycles. The van der Waals surface area contributed by atoms with E-state index in [4.69, 9.17) is 21.1 Å². The third-order valence-electron chi connectivity index (χ3n) is 4.83. The quantitative estimate of drug-likeness (QED) is 0.378. The van der Waals surface area contributed by atoms with Crippen molar-refractivity contribution in [1.29, 1.82) is 0 Å². The maximum Gasteiger partial charge on any atom is 0.180 e. The molecule has 0 unspecified atom stereocenters. The van der Waals surface area contributed by atoms with Crippen LogP contribution in [0.15, 0.2) is 36.4 Å². The number of ether oxygens (including phenoxy) is 2. The van der Waals surface area contributed by atoms with E-state index < -0.39 is 0 Å². The monoisotopic (exact) mass is 403 g/mol. The summed E-state index contributed by atoms with van der Waals surface area (Å²) in [5.41, 5.74) is 3.45. The first-order valence-electron chi connectivity index (χ1n) is 10.4. The molecule has 0 saturated carbocycles. The molecule has 0 spiro atoms. The highest BCUT2D eigenvalue weighted by Gasteiger charge is 2.12. The summed E-state index contributed by atoms with van der Waals surface area (Å²) < 4.78 is 11.5. The number of benzene rings is 2. The van der Waals surface area contributed by atoms with Gasteiger partial charge < -0.3 is 14.8 Å². The van der Waals surface area contributed by atoms with Crippen LogP contribution in [0.1, 0.15) is 62.1 Å². The summed E-state index contributed by atoms with van der Waals surface area (Å²) in [6.07, 6.45) is 7.85. The van der Waals surface area contributed by atoms with E-state index >= 15 is 0 Å². The molecular weight excluding hydrogens is 370 g/mol. The highest BCUT2D eigenvalue weighted by Crippen LogP contribution is 2.37. The first-order chi connectivity index (χ1) is 13.6. The van der Waals surface area contributed by atoms with Crippen LogP contribution in [0.25, 0.3) is 0 Å².